The highest BCUT2D eigenvalue weighted by atomic mass is 16.5. The zero-order chi connectivity index (χ0) is 16.9. The van der Waals surface area contributed by atoms with Crippen LogP contribution in [0.5, 0.6) is 0 Å². The Bertz CT molecular complexity index is 883. The summed E-state index contributed by atoms with van der Waals surface area (Å²) in [5, 5.41) is 2.50. The Labute approximate surface area is 138 Å². The van der Waals surface area contributed by atoms with Gasteiger partial charge in [0, 0.05) is 7.05 Å². The van der Waals surface area contributed by atoms with Crippen molar-refractivity contribution < 1.29 is 9.53 Å². The number of hydrogen-bond acceptors (Lipinski definition) is 3. The molecule has 0 unspecified atom stereocenters. The number of benzene rings is 2. The minimum Gasteiger partial charge on any atom is -0.444 e. The van der Waals surface area contributed by atoms with Gasteiger partial charge in [-0.25, -0.2) is 9.48 Å². The fourth-order valence-electron chi connectivity index (χ4n) is 2.38. The Kier molecular flexibility index (Phi) is 4.47. The molecular formula is C18H17N3O3. The maximum absolute atomic E-state index is 12.5. The van der Waals surface area contributed by atoms with E-state index in [1.807, 2.05) is 60.7 Å². The van der Waals surface area contributed by atoms with E-state index in [9.17, 15) is 9.59 Å². The van der Waals surface area contributed by atoms with Gasteiger partial charge in [0.25, 0.3) is 5.56 Å². The smallest absolute Gasteiger partial charge is 0.412 e. The van der Waals surface area contributed by atoms with Crippen LogP contribution in [0.1, 0.15) is 5.56 Å². The van der Waals surface area contributed by atoms with Crippen molar-refractivity contribution in [1.82, 2.24) is 9.36 Å². The summed E-state index contributed by atoms with van der Waals surface area (Å²) < 4.78 is 8.22. The molecule has 1 heterocycles. The summed E-state index contributed by atoms with van der Waals surface area (Å²) >= 11 is 0. The van der Waals surface area contributed by atoms with Crippen LogP contribution in [0.2, 0.25) is 0 Å². The standard InChI is InChI=1S/C18H17N3O3/c1-20-12-16(17(22)21(20)15-10-6-3-7-11-15)19-18(23)24-13-14-8-4-2-5-9-14/h2-12H,13H2,1H3,(H,19,23). The highest BCUT2D eigenvalue weighted by Crippen LogP contribution is 2.09. The molecule has 1 aromatic heterocycles. The summed E-state index contributed by atoms with van der Waals surface area (Å²) in [5.41, 5.74) is 1.44. The molecule has 0 spiro atoms. The third-order valence-electron chi connectivity index (χ3n) is 3.50. The van der Waals surface area contributed by atoms with E-state index in [1.165, 1.54) is 4.68 Å². The summed E-state index contributed by atoms with van der Waals surface area (Å²) in [5.74, 6) is 0. The molecule has 0 atom stereocenters. The summed E-state index contributed by atoms with van der Waals surface area (Å²) in [7, 11) is 1.73. The monoisotopic (exact) mass is 323 g/mol. The average molecular weight is 323 g/mol. The first-order valence-electron chi connectivity index (χ1n) is 7.47. The Balaban J connectivity index is 1.72. The molecule has 0 bridgehead atoms. The van der Waals surface area contributed by atoms with E-state index < -0.39 is 6.09 Å². The van der Waals surface area contributed by atoms with E-state index in [4.69, 9.17) is 4.74 Å². The minimum absolute atomic E-state index is 0.145. The third-order valence-corrected chi connectivity index (χ3v) is 3.50. The predicted molar refractivity (Wildman–Crippen MR) is 91.3 cm³/mol. The van der Waals surface area contributed by atoms with Gasteiger partial charge in [-0.05, 0) is 17.7 Å². The van der Waals surface area contributed by atoms with Gasteiger partial charge in [0.05, 0.1) is 11.9 Å². The molecule has 3 rings (SSSR count). The third kappa shape index (κ3) is 3.38. The van der Waals surface area contributed by atoms with E-state index in [1.54, 1.807) is 17.9 Å². The van der Waals surface area contributed by atoms with Gasteiger partial charge in [-0.3, -0.25) is 14.8 Å². The van der Waals surface area contributed by atoms with Crippen molar-refractivity contribution >= 4 is 11.8 Å². The SMILES string of the molecule is Cn1cc(NC(=O)OCc2ccccc2)c(=O)n1-c1ccccc1. The molecule has 0 aliphatic rings. The number of aryl methyl sites for hydroxylation is 1. The normalized spacial score (nSPS) is 10.4. The largest absolute Gasteiger partial charge is 0.444 e. The second-order valence-corrected chi connectivity index (χ2v) is 5.26. The minimum atomic E-state index is -0.665. The molecule has 0 saturated heterocycles. The Morgan fingerprint density at radius 3 is 2.33 bits per heavy atom. The molecule has 2 aromatic carbocycles. The summed E-state index contributed by atoms with van der Waals surface area (Å²) in [4.78, 5) is 24.4. The zero-order valence-corrected chi connectivity index (χ0v) is 13.2. The predicted octanol–water partition coefficient (Wildman–Crippen LogP) is 2.92. The van der Waals surface area contributed by atoms with Gasteiger partial charge in [-0.1, -0.05) is 48.5 Å². The zero-order valence-electron chi connectivity index (χ0n) is 13.2. The van der Waals surface area contributed by atoms with Gasteiger partial charge in [-0.2, -0.15) is 0 Å². The van der Waals surface area contributed by atoms with Gasteiger partial charge in [0.2, 0.25) is 0 Å². The van der Waals surface area contributed by atoms with E-state index >= 15 is 0 Å². The maximum atomic E-state index is 12.5. The first-order valence-corrected chi connectivity index (χ1v) is 7.47. The molecule has 6 nitrogen and oxygen atoms in total. The first kappa shape index (κ1) is 15.6. The number of hydrogen-bond donors (Lipinski definition) is 1. The van der Waals surface area contributed by atoms with Crippen molar-refractivity contribution in [2.24, 2.45) is 7.05 Å². The molecule has 6 heteroatoms. The lowest BCUT2D eigenvalue weighted by Crippen LogP contribution is -2.23. The van der Waals surface area contributed by atoms with E-state index in [-0.39, 0.29) is 17.9 Å². The second kappa shape index (κ2) is 6.87. The fourth-order valence-corrected chi connectivity index (χ4v) is 2.38. The van der Waals surface area contributed by atoms with Crippen molar-refractivity contribution in [3.8, 4) is 5.69 Å². The topological polar surface area (TPSA) is 65.3 Å². The van der Waals surface area contributed by atoms with Crippen LogP contribution in [-0.2, 0) is 18.4 Å². The molecule has 24 heavy (non-hydrogen) atoms. The van der Waals surface area contributed by atoms with Crippen LogP contribution >= 0.6 is 0 Å². The molecule has 0 fully saturated rings. The number of ether oxygens (including phenoxy) is 1. The summed E-state index contributed by atoms with van der Waals surface area (Å²) in [6, 6.07) is 18.5. The van der Waals surface area contributed by atoms with Crippen molar-refractivity contribution in [2.45, 2.75) is 6.61 Å². The van der Waals surface area contributed by atoms with Gasteiger partial charge in [-0.15, -0.1) is 0 Å². The summed E-state index contributed by atoms with van der Waals surface area (Å²) in [6.45, 7) is 0.145. The molecule has 1 N–H and O–H groups in total. The number of amides is 1. The Hall–Kier alpha value is -3.28. The molecule has 0 saturated carbocycles. The van der Waals surface area contributed by atoms with Gasteiger partial charge in [0.1, 0.15) is 12.3 Å². The fraction of sp³-hybridized carbons (Fsp3) is 0.111. The van der Waals surface area contributed by atoms with Gasteiger partial charge in [0.15, 0.2) is 0 Å². The maximum Gasteiger partial charge on any atom is 0.412 e. The van der Waals surface area contributed by atoms with Crippen LogP contribution in [0.25, 0.3) is 5.69 Å². The van der Waals surface area contributed by atoms with Gasteiger partial charge >= 0.3 is 6.09 Å². The van der Waals surface area contributed by atoms with Crippen molar-refractivity contribution in [1.29, 1.82) is 0 Å². The lowest BCUT2D eigenvalue weighted by Gasteiger charge is -2.05. The van der Waals surface area contributed by atoms with Crippen LogP contribution in [0.4, 0.5) is 10.5 Å². The van der Waals surface area contributed by atoms with E-state index in [0.717, 1.165) is 11.3 Å². The highest BCUT2D eigenvalue weighted by Gasteiger charge is 2.14. The number of carbonyl (C=O) groups is 1. The quantitative estimate of drug-likeness (QED) is 0.803. The lowest BCUT2D eigenvalue weighted by molar-refractivity contribution is 0.155. The van der Waals surface area contributed by atoms with Crippen LogP contribution in [0, 0.1) is 0 Å². The molecular weight excluding hydrogens is 306 g/mol. The number of rotatable bonds is 4. The van der Waals surface area contributed by atoms with Gasteiger partial charge < -0.3 is 4.74 Å². The second-order valence-electron chi connectivity index (χ2n) is 5.26. The molecule has 0 aliphatic heterocycles. The number of para-hydroxylation sites is 1. The molecule has 122 valence electrons. The molecule has 1 amide bonds. The highest BCUT2D eigenvalue weighted by molar-refractivity contribution is 5.84. The molecule has 3 aromatic rings. The molecule has 0 radical (unpaired) electrons. The Morgan fingerprint density at radius 2 is 1.67 bits per heavy atom. The van der Waals surface area contributed by atoms with Crippen molar-refractivity contribution in [2.75, 3.05) is 5.32 Å². The molecule has 0 aliphatic carbocycles. The van der Waals surface area contributed by atoms with E-state index in [0.29, 0.717) is 0 Å². The van der Waals surface area contributed by atoms with Crippen molar-refractivity contribution in [3.63, 3.8) is 0 Å². The number of nitrogens with one attached hydrogen (secondary N) is 1. The Morgan fingerprint density at radius 1 is 1.04 bits per heavy atom. The average Bonchev–Trinajstić information content (AvgIpc) is 2.88. The van der Waals surface area contributed by atoms with Crippen LogP contribution in [0.15, 0.2) is 71.7 Å². The number of anilines is 1. The number of nitrogens with zero attached hydrogens (tertiary/aromatic N) is 2. The summed E-state index contributed by atoms with van der Waals surface area (Å²) in [6.07, 6.45) is 0.890. The van der Waals surface area contributed by atoms with Crippen LogP contribution in [0.3, 0.4) is 0 Å². The lowest BCUT2D eigenvalue weighted by atomic mass is 10.2. The number of carbonyl (C=O) groups excluding carboxylic acids is 1. The number of aromatic nitrogens is 2. The van der Waals surface area contributed by atoms with Crippen LogP contribution in [-0.4, -0.2) is 15.5 Å². The van der Waals surface area contributed by atoms with E-state index in [2.05, 4.69) is 5.32 Å². The van der Waals surface area contributed by atoms with Crippen molar-refractivity contribution in [3.05, 3.63) is 82.8 Å². The first-order chi connectivity index (χ1) is 11.6. The van der Waals surface area contributed by atoms with Crippen LogP contribution < -0.4 is 10.9 Å².